The SMILES string of the molecule is CC(C)(C)[Si](C)(C)OC[C@H]1O[C@@H]2CC[C@@H](NC(=O)OCc3ccccc3)[C@H]1O2. The first-order chi connectivity index (χ1) is 13.2. The minimum Gasteiger partial charge on any atom is -0.445 e. The van der Waals surface area contributed by atoms with Crippen molar-refractivity contribution in [2.75, 3.05) is 6.61 Å². The fourth-order valence-electron chi connectivity index (χ4n) is 3.25. The van der Waals surface area contributed by atoms with Gasteiger partial charge in [-0.15, -0.1) is 0 Å². The molecule has 2 saturated heterocycles. The summed E-state index contributed by atoms with van der Waals surface area (Å²) >= 11 is 0. The number of amides is 1. The largest absolute Gasteiger partial charge is 0.445 e. The van der Waals surface area contributed by atoms with Gasteiger partial charge in [-0.05, 0) is 30.1 Å². The summed E-state index contributed by atoms with van der Waals surface area (Å²) in [6, 6.07) is 9.52. The Balaban J connectivity index is 1.52. The van der Waals surface area contributed by atoms with E-state index in [9.17, 15) is 4.79 Å². The molecule has 0 aliphatic carbocycles. The number of fused-ring (bicyclic) bond motifs is 2. The first-order valence-corrected chi connectivity index (χ1v) is 13.0. The standard InChI is InChI=1S/C21H33NO5Si/c1-21(2,3)28(4,5)25-14-17-19-16(11-12-18(26-17)27-19)22-20(23)24-13-15-9-7-6-8-10-15/h6-10,16-19H,11-14H2,1-5H3,(H,22,23)/t16-,17-,18+,19-/m1/s1. The molecule has 1 aromatic rings. The molecule has 0 saturated carbocycles. The van der Waals surface area contributed by atoms with E-state index in [1.54, 1.807) is 0 Å². The second-order valence-corrected chi connectivity index (χ2v) is 14.0. The Bertz CT molecular complexity index is 661. The fraction of sp³-hybridized carbons (Fsp3) is 0.667. The lowest BCUT2D eigenvalue weighted by molar-refractivity contribution is -0.0951. The van der Waals surface area contributed by atoms with Gasteiger partial charge in [0.15, 0.2) is 14.6 Å². The van der Waals surface area contributed by atoms with Crippen molar-refractivity contribution in [2.24, 2.45) is 0 Å². The summed E-state index contributed by atoms with van der Waals surface area (Å²) in [5.41, 5.74) is 0.961. The van der Waals surface area contributed by atoms with Gasteiger partial charge in [-0.1, -0.05) is 51.1 Å². The van der Waals surface area contributed by atoms with Gasteiger partial charge in [0.1, 0.15) is 18.8 Å². The van der Waals surface area contributed by atoms with Gasteiger partial charge in [0.05, 0.1) is 12.6 Å². The van der Waals surface area contributed by atoms with Crippen LogP contribution in [-0.2, 0) is 25.2 Å². The predicted molar refractivity (Wildman–Crippen MR) is 109 cm³/mol. The van der Waals surface area contributed by atoms with E-state index in [1.165, 1.54) is 0 Å². The van der Waals surface area contributed by atoms with Crippen LogP contribution in [0.1, 0.15) is 39.2 Å². The first kappa shape index (κ1) is 21.3. The van der Waals surface area contributed by atoms with Gasteiger partial charge in [-0.3, -0.25) is 0 Å². The summed E-state index contributed by atoms with van der Waals surface area (Å²) in [5.74, 6) is 0. The summed E-state index contributed by atoms with van der Waals surface area (Å²) in [7, 11) is -1.87. The summed E-state index contributed by atoms with van der Waals surface area (Å²) in [5, 5.41) is 3.10. The maximum atomic E-state index is 12.3. The summed E-state index contributed by atoms with van der Waals surface area (Å²) in [6.45, 7) is 11.9. The molecule has 6 nitrogen and oxygen atoms in total. The van der Waals surface area contributed by atoms with Gasteiger partial charge in [-0.2, -0.15) is 0 Å². The molecule has 0 aromatic heterocycles. The van der Waals surface area contributed by atoms with Crippen molar-refractivity contribution in [1.29, 1.82) is 0 Å². The van der Waals surface area contributed by atoms with Crippen LogP contribution in [0.5, 0.6) is 0 Å². The number of rotatable bonds is 6. The van der Waals surface area contributed by atoms with Gasteiger partial charge < -0.3 is 24.0 Å². The number of benzene rings is 1. The molecular formula is C21H33NO5Si. The van der Waals surface area contributed by atoms with E-state index in [2.05, 4.69) is 39.2 Å². The molecule has 7 heteroatoms. The van der Waals surface area contributed by atoms with Crippen LogP contribution in [0.2, 0.25) is 18.1 Å². The molecule has 2 aliphatic rings. The van der Waals surface area contributed by atoms with Crippen molar-refractivity contribution < 1.29 is 23.4 Å². The Morgan fingerprint density at radius 3 is 2.57 bits per heavy atom. The molecule has 1 aromatic carbocycles. The van der Waals surface area contributed by atoms with Crippen LogP contribution < -0.4 is 5.32 Å². The highest BCUT2D eigenvalue weighted by Gasteiger charge is 2.47. The summed E-state index contributed by atoms with van der Waals surface area (Å²) in [4.78, 5) is 12.3. The molecule has 156 valence electrons. The molecule has 0 radical (unpaired) electrons. The van der Waals surface area contributed by atoms with Gasteiger partial charge >= 0.3 is 6.09 Å². The molecule has 2 heterocycles. The van der Waals surface area contributed by atoms with Crippen LogP contribution >= 0.6 is 0 Å². The average molecular weight is 408 g/mol. The van der Waals surface area contributed by atoms with Gasteiger partial charge in [0.25, 0.3) is 0 Å². The van der Waals surface area contributed by atoms with E-state index in [-0.39, 0.29) is 36.2 Å². The molecule has 0 unspecified atom stereocenters. The van der Waals surface area contributed by atoms with E-state index >= 15 is 0 Å². The van der Waals surface area contributed by atoms with Gasteiger partial charge in [0.2, 0.25) is 0 Å². The van der Waals surface area contributed by atoms with Crippen LogP contribution in [0, 0.1) is 0 Å². The zero-order valence-electron chi connectivity index (χ0n) is 17.6. The normalized spacial score (nSPS) is 27.5. The van der Waals surface area contributed by atoms with E-state index in [0.717, 1.165) is 18.4 Å². The summed E-state index contributed by atoms with van der Waals surface area (Å²) < 4.78 is 23.7. The smallest absolute Gasteiger partial charge is 0.407 e. The molecular weight excluding hydrogens is 374 g/mol. The highest BCUT2D eigenvalue weighted by Crippen LogP contribution is 2.38. The van der Waals surface area contributed by atoms with Crippen LogP contribution in [-0.4, -0.2) is 45.6 Å². The number of alkyl carbamates (subject to hydrolysis) is 1. The van der Waals surface area contributed by atoms with Crippen LogP contribution in [0.3, 0.4) is 0 Å². The zero-order chi connectivity index (χ0) is 20.4. The third-order valence-electron chi connectivity index (χ3n) is 6.04. The highest BCUT2D eigenvalue weighted by atomic mass is 28.4. The van der Waals surface area contributed by atoms with Crippen molar-refractivity contribution in [3.8, 4) is 0 Å². The number of hydrogen-bond donors (Lipinski definition) is 1. The van der Waals surface area contributed by atoms with Crippen molar-refractivity contribution >= 4 is 14.4 Å². The average Bonchev–Trinajstić information content (AvgIpc) is 2.98. The van der Waals surface area contributed by atoms with Crippen LogP contribution in [0.15, 0.2) is 30.3 Å². The van der Waals surface area contributed by atoms with E-state index in [4.69, 9.17) is 18.6 Å². The Morgan fingerprint density at radius 2 is 1.89 bits per heavy atom. The molecule has 3 rings (SSSR count). The number of hydrogen-bond acceptors (Lipinski definition) is 5. The van der Waals surface area contributed by atoms with Crippen molar-refractivity contribution in [3.05, 3.63) is 35.9 Å². The fourth-order valence-corrected chi connectivity index (χ4v) is 4.26. The Kier molecular flexibility index (Phi) is 6.49. The number of nitrogens with one attached hydrogen (secondary N) is 1. The van der Waals surface area contributed by atoms with Crippen molar-refractivity contribution in [1.82, 2.24) is 5.32 Å². The molecule has 2 bridgehead atoms. The Hall–Kier alpha value is -1.41. The monoisotopic (exact) mass is 407 g/mol. The van der Waals surface area contributed by atoms with E-state index < -0.39 is 14.4 Å². The quantitative estimate of drug-likeness (QED) is 0.716. The van der Waals surface area contributed by atoms with Crippen LogP contribution in [0.25, 0.3) is 0 Å². The zero-order valence-corrected chi connectivity index (χ0v) is 18.6. The number of ether oxygens (including phenoxy) is 3. The Morgan fingerprint density at radius 1 is 1.18 bits per heavy atom. The second-order valence-electron chi connectivity index (χ2n) is 9.17. The minimum atomic E-state index is -1.87. The van der Waals surface area contributed by atoms with E-state index in [0.29, 0.717) is 6.61 Å². The molecule has 28 heavy (non-hydrogen) atoms. The maximum absolute atomic E-state index is 12.3. The predicted octanol–water partition coefficient (Wildman–Crippen LogP) is 4.21. The first-order valence-electron chi connectivity index (χ1n) is 10.1. The molecule has 1 N–H and O–H groups in total. The lowest BCUT2D eigenvalue weighted by atomic mass is 10.0. The lowest BCUT2D eigenvalue weighted by Crippen LogP contribution is -2.51. The molecule has 0 spiro atoms. The second kappa shape index (κ2) is 8.53. The Labute approximate surface area is 169 Å². The van der Waals surface area contributed by atoms with Gasteiger partial charge in [0, 0.05) is 6.42 Å². The third-order valence-corrected chi connectivity index (χ3v) is 10.5. The molecule has 4 atom stereocenters. The highest BCUT2D eigenvalue weighted by molar-refractivity contribution is 6.74. The number of carbonyl (C=O) groups is 1. The maximum Gasteiger partial charge on any atom is 0.407 e. The summed E-state index contributed by atoms with van der Waals surface area (Å²) in [6.07, 6.45) is 0.584. The minimum absolute atomic E-state index is 0.130. The molecule has 2 fully saturated rings. The molecule has 2 aliphatic heterocycles. The van der Waals surface area contributed by atoms with Crippen molar-refractivity contribution in [2.45, 2.75) is 82.9 Å². The van der Waals surface area contributed by atoms with Crippen molar-refractivity contribution in [3.63, 3.8) is 0 Å². The van der Waals surface area contributed by atoms with Gasteiger partial charge in [-0.25, -0.2) is 4.79 Å². The third kappa shape index (κ3) is 5.14. The number of carbonyl (C=O) groups excluding carboxylic acids is 1. The van der Waals surface area contributed by atoms with Crippen LogP contribution in [0.4, 0.5) is 4.79 Å². The lowest BCUT2D eigenvalue weighted by Gasteiger charge is -2.37. The molecule has 1 amide bonds. The topological polar surface area (TPSA) is 66.0 Å². The van der Waals surface area contributed by atoms with E-state index in [1.807, 2.05) is 30.3 Å².